The van der Waals surface area contributed by atoms with E-state index in [4.69, 9.17) is 21.6 Å². The molecule has 0 radical (unpaired) electrons. The molecule has 0 spiro atoms. The second-order valence-corrected chi connectivity index (χ2v) is 10.6. The molecule has 3 aromatic heterocycles. The van der Waals surface area contributed by atoms with Gasteiger partial charge in [-0.2, -0.15) is 4.98 Å². The van der Waals surface area contributed by atoms with E-state index in [0.29, 0.717) is 40.4 Å². The van der Waals surface area contributed by atoms with Crippen molar-refractivity contribution in [2.24, 2.45) is 0 Å². The molecule has 36 heavy (non-hydrogen) atoms. The van der Waals surface area contributed by atoms with E-state index in [9.17, 15) is 4.79 Å². The number of anilines is 3. The van der Waals surface area contributed by atoms with Gasteiger partial charge >= 0.3 is 0 Å². The van der Waals surface area contributed by atoms with Gasteiger partial charge in [-0.15, -0.1) is 11.3 Å². The van der Waals surface area contributed by atoms with E-state index in [1.807, 2.05) is 30.3 Å². The molecule has 0 bridgehead atoms. The number of thiazole rings is 1. The molecular formula is C25H27ClN8OS. The highest BCUT2D eigenvalue weighted by molar-refractivity contribution is 7.21. The topological polar surface area (TPSA) is 102 Å². The lowest BCUT2D eigenvalue weighted by Gasteiger charge is -2.36. The maximum atomic E-state index is 13.5. The Morgan fingerprint density at radius 3 is 2.69 bits per heavy atom. The van der Waals surface area contributed by atoms with Gasteiger partial charge in [0.2, 0.25) is 5.95 Å². The summed E-state index contributed by atoms with van der Waals surface area (Å²) in [5.74, 6) is 2.04. The highest BCUT2D eigenvalue weighted by atomic mass is 35.5. The van der Waals surface area contributed by atoms with Gasteiger partial charge in [-0.05, 0) is 43.7 Å². The second kappa shape index (κ2) is 10.0. The van der Waals surface area contributed by atoms with E-state index in [1.54, 1.807) is 12.3 Å². The summed E-state index contributed by atoms with van der Waals surface area (Å²) in [5, 5.41) is 8.35. The smallest absolute Gasteiger partial charge is 0.264 e. The highest BCUT2D eigenvalue weighted by Gasteiger charge is 2.25. The van der Waals surface area contributed by atoms with Crippen molar-refractivity contribution in [2.75, 3.05) is 54.4 Å². The van der Waals surface area contributed by atoms with Gasteiger partial charge in [0.25, 0.3) is 5.56 Å². The number of piperazine rings is 1. The first kappa shape index (κ1) is 23.2. The summed E-state index contributed by atoms with van der Waals surface area (Å²) < 4.78 is 1.05. The number of pyridine rings is 1. The van der Waals surface area contributed by atoms with Crippen LogP contribution in [0.1, 0.15) is 12.8 Å². The molecule has 0 saturated carbocycles. The Morgan fingerprint density at radius 2 is 1.92 bits per heavy atom. The van der Waals surface area contributed by atoms with Crippen molar-refractivity contribution in [3.8, 4) is 10.6 Å². The Labute approximate surface area is 217 Å². The molecule has 5 heterocycles. The molecule has 11 heteroatoms. The highest BCUT2D eigenvalue weighted by Crippen LogP contribution is 2.33. The van der Waals surface area contributed by atoms with Crippen LogP contribution in [-0.4, -0.2) is 65.2 Å². The molecule has 2 aliphatic heterocycles. The number of aromatic nitrogens is 4. The zero-order valence-electron chi connectivity index (χ0n) is 19.7. The van der Waals surface area contributed by atoms with Crippen LogP contribution in [0.3, 0.4) is 0 Å². The molecular weight excluding hydrogens is 496 g/mol. The normalized spacial score (nSPS) is 18.5. The first-order valence-corrected chi connectivity index (χ1v) is 13.4. The number of benzene rings is 1. The number of rotatable bonds is 5. The van der Waals surface area contributed by atoms with E-state index in [1.165, 1.54) is 11.3 Å². The van der Waals surface area contributed by atoms with Crippen LogP contribution >= 0.6 is 22.9 Å². The zero-order chi connectivity index (χ0) is 24.5. The molecule has 0 aliphatic carbocycles. The summed E-state index contributed by atoms with van der Waals surface area (Å²) in [6.45, 7) is 4.79. The number of hydrogen-bond donors (Lipinski definition) is 3. The van der Waals surface area contributed by atoms with Crippen LogP contribution < -0.4 is 26.0 Å². The first-order valence-electron chi connectivity index (χ1n) is 12.2. The lowest BCUT2D eigenvalue weighted by Crippen LogP contribution is -2.48. The fourth-order valence-corrected chi connectivity index (χ4v) is 5.94. The maximum Gasteiger partial charge on any atom is 0.264 e. The van der Waals surface area contributed by atoms with E-state index in [2.05, 4.69) is 30.4 Å². The van der Waals surface area contributed by atoms with Crippen molar-refractivity contribution in [1.29, 1.82) is 0 Å². The maximum absolute atomic E-state index is 13.5. The van der Waals surface area contributed by atoms with Crippen molar-refractivity contribution in [3.63, 3.8) is 0 Å². The fourth-order valence-electron chi connectivity index (χ4n) is 4.78. The van der Waals surface area contributed by atoms with Crippen molar-refractivity contribution in [1.82, 2.24) is 25.3 Å². The fraction of sp³-hybridized carbons (Fsp3) is 0.360. The van der Waals surface area contributed by atoms with Crippen LogP contribution in [0.5, 0.6) is 0 Å². The number of hydrogen-bond acceptors (Lipinski definition) is 9. The molecule has 1 aromatic carbocycles. The van der Waals surface area contributed by atoms with Gasteiger partial charge in [0, 0.05) is 50.0 Å². The summed E-state index contributed by atoms with van der Waals surface area (Å²) in [5.41, 5.74) is 1.22. The standard InChI is InChI=1S/C25H27ClN8OS/c26-16-7-9-28-20(14-16)33-10-12-34(13-11-33)25-31-22(29-17-4-3-8-27-15-17)21(23(35)32-25)24-30-18-5-1-2-6-19(18)36-24/h1-2,5-7,9,14,17,27H,3-4,8,10-13,15H2,(H2,29,31,32,35). The van der Waals surface area contributed by atoms with Crippen LogP contribution in [0.15, 0.2) is 47.4 Å². The molecule has 2 aliphatic rings. The van der Waals surface area contributed by atoms with Crippen molar-refractivity contribution >= 4 is 50.7 Å². The minimum Gasteiger partial charge on any atom is -0.365 e. The van der Waals surface area contributed by atoms with Crippen LogP contribution in [0.2, 0.25) is 5.02 Å². The van der Waals surface area contributed by atoms with Crippen LogP contribution in [0, 0.1) is 0 Å². The van der Waals surface area contributed by atoms with Crippen LogP contribution in [-0.2, 0) is 0 Å². The summed E-state index contributed by atoms with van der Waals surface area (Å²) in [4.78, 5) is 35.0. The first-order chi connectivity index (χ1) is 17.6. The van der Waals surface area contributed by atoms with Crippen molar-refractivity contribution in [2.45, 2.75) is 18.9 Å². The zero-order valence-corrected chi connectivity index (χ0v) is 21.3. The number of aromatic amines is 1. The Kier molecular flexibility index (Phi) is 6.47. The summed E-state index contributed by atoms with van der Waals surface area (Å²) >= 11 is 7.67. The van der Waals surface area contributed by atoms with Crippen LogP contribution in [0.25, 0.3) is 20.8 Å². The third-order valence-electron chi connectivity index (χ3n) is 6.66. The Hall–Kier alpha value is -3.21. The molecule has 0 amide bonds. The molecule has 6 rings (SSSR count). The van der Waals surface area contributed by atoms with E-state index in [0.717, 1.165) is 55.1 Å². The minimum absolute atomic E-state index is 0.177. The van der Waals surface area contributed by atoms with Crippen molar-refractivity contribution < 1.29 is 0 Å². The number of piperidine rings is 1. The van der Waals surface area contributed by atoms with Gasteiger partial charge in [-0.3, -0.25) is 9.78 Å². The van der Waals surface area contributed by atoms with E-state index < -0.39 is 0 Å². The van der Waals surface area contributed by atoms with Gasteiger partial charge in [0.1, 0.15) is 22.2 Å². The summed E-state index contributed by atoms with van der Waals surface area (Å²) in [7, 11) is 0. The predicted octanol–water partition coefficient (Wildman–Crippen LogP) is 3.59. The van der Waals surface area contributed by atoms with Gasteiger partial charge in [0.05, 0.1) is 10.2 Å². The number of halogens is 1. The third-order valence-corrected chi connectivity index (χ3v) is 7.95. The molecule has 186 valence electrons. The number of fused-ring (bicyclic) bond motifs is 1. The van der Waals surface area contributed by atoms with Crippen molar-refractivity contribution in [3.05, 3.63) is 58.0 Å². The van der Waals surface area contributed by atoms with Gasteiger partial charge in [-0.1, -0.05) is 23.7 Å². The molecule has 2 fully saturated rings. The predicted molar refractivity (Wildman–Crippen MR) is 147 cm³/mol. The molecule has 1 atom stereocenters. The minimum atomic E-state index is -0.177. The largest absolute Gasteiger partial charge is 0.365 e. The monoisotopic (exact) mass is 522 g/mol. The summed E-state index contributed by atoms with van der Waals surface area (Å²) in [6, 6.07) is 11.8. The van der Waals surface area contributed by atoms with Crippen LogP contribution in [0.4, 0.5) is 17.6 Å². The second-order valence-electron chi connectivity index (χ2n) is 9.09. The number of para-hydroxylation sites is 1. The molecule has 2 saturated heterocycles. The average molecular weight is 523 g/mol. The number of nitrogens with zero attached hydrogens (tertiary/aromatic N) is 5. The van der Waals surface area contributed by atoms with E-state index >= 15 is 0 Å². The molecule has 9 nitrogen and oxygen atoms in total. The molecule has 4 aromatic rings. The van der Waals surface area contributed by atoms with E-state index in [-0.39, 0.29) is 11.6 Å². The lowest BCUT2D eigenvalue weighted by atomic mass is 10.1. The Morgan fingerprint density at radius 1 is 1.08 bits per heavy atom. The average Bonchev–Trinajstić information content (AvgIpc) is 3.33. The molecule has 1 unspecified atom stereocenters. The quantitative estimate of drug-likeness (QED) is 0.365. The number of H-pyrrole nitrogens is 1. The summed E-state index contributed by atoms with van der Waals surface area (Å²) in [6.07, 6.45) is 3.84. The third kappa shape index (κ3) is 4.76. The van der Waals surface area contributed by atoms with Gasteiger partial charge in [0.15, 0.2) is 0 Å². The lowest BCUT2D eigenvalue weighted by molar-refractivity contribution is 0.479. The Balaban J connectivity index is 1.31. The Bertz CT molecular complexity index is 1390. The molecule has 3 N–H and O–H groups in total. The van der Waals surface area contributed by atoms with Gasteiger partial charge < -0.3 is 20.4 Å². The SMILES string of the molecule is O=c1[nH]c(N2CCN(c3cc(Cl)ccn3)CC2)nc(NC2CCCNC2)c1-c1nc2ccccc2s1. The van der Waals surface area contributed by atoms with Gasteiger partial charge in [-0.25, -0.2) is 9.97 Å². The number of nitrogens with one attached hydrogen (secondary N) is 3.